The van der Waals surface area contributed by atoms with Crippen LogP contribution >= 0.6 is 0 Å². The van der Waals surface area contributed by atoms with Gasteiger partial charge in [-0.05, 0) is 29.7 Å². The molecule has 0 atom stereocenters. The standard InChI is InChI=1S/C20H19N2O2/c1-14-13-16(15-7-5-4-6-8-15)9-10-17(14)19-18(20(23)24-3)21-11-12-22(19)2/h4-13H,1-3H3/q+1. The smallest absolute Gasteiger partial charge is 0.363 e. The molecular formula is C20H19N2O2+. The number of aryl methyl sites for hydroxylation is 2. The molecule has 0 unspecified atom stereocenters. The van der Waals surface area contributed by atoms with E-state index in [1.54, 1.807) is 6.20 Å². The summed E-state index contributed by atoms with van der Waals surface area (Å²) in [7, 11) is 3.26. The molecular weight excluding hydrogens is 300 g/mol. The highest BCUT2D eigenvalue weighted by Gasteiger charge is 2.25. The molecule has 0 aliphatic rings. The minimum atomic E-state index is -0.437. The zero-order valence-electron chi connectivity index (χ0n) is 14.0. The van der Waals surface area contributed by atoms with Crippen LogP contribution in [-0.2, 0) is 11.8 Å². The van der Waals surface area contributed by atoms with E-state index in [0.717, 1.165) is 27.9 Å². The quantitative estimate of drug-likeness (QED) is 0.549. The summed E-state index contributed by atoms with van der Waals surface area (Å²) in [6, 6.07) is 16.4. The van der Waals surface area contributed by atoms with Gasteiger partial charge in [0.05, 0.1) is 18.9 Å². The van der Waals surface area contributed by atoms with E-state index in [1.165, 1.54) is 7.11 Å². The lowest BCUT2D eigenvalue weighted by Crippen LogP contribution is -2.34. The van der Waals surface area contributed by atoms with Gasteiger partial charge in [-0.15, -0.1) is 0 Å². The van der Waals surface area contributed by atoms with Crippen molar-refractivity contribution in [3.05, 3.63) is 72.2 Å². The van der Waals surface area contributed by atoms with E-state index in [0.29, 0.717) is 5.69 Å². The minimum Gasteiger partial charge on any atom is -0.464 e. The zero-order valence-corrected chi connectivity index (χ0v) is 14.0. The number of nitrogens with zero attached hydrogens (tertiary/aromatic N) is 2. The lowest BCUT2D eigenvalue weighted by atomic mass is 9.97. The summed E-state index contributed by atoms with van der Waals surface area (Å²) in [6.45, 7) is 2.04. The highest BCUT2D eigenvalue weighted by Crippen LogP contribution is 2.28. The van der Waals surface area contributed by atoms with Crippen LogP contribution in [0.4, 0.5) is 0 Å². The van der Waals surface area contributed by atoms with Gasteiger partial charge in [0.25, 0.3) is 0 Å². The Kier molecular flexibility index (Phi) is 4.38. The van der Waals surface area contributed by atoms with Gasteiger partial charge in [0, 0.05) is 0 Å². The molecule has 24 heavy (non-hydrogen) atoms. The van der Waals surface area contributed by atoms with E-state index < -0.39 is 5.97 Å². The van der Waals surface area contributed by atoms with E-state index in [4.69, 9.17) is 4.74 Å². The van der Waals surface area contributed by atoms with E-state index in [1.807, 2.05) is 49.0 Å². The van der Waals surface area contributed by atoms with Gasteiger partial charge in [-0.2, -0.15) is 4.57 Å². The molecule has 0 amide bonds. The number of benzene rings is 2. The molecule has 0 saturated heterocycles. The maximum Gasteiger partial charge on any atom is 0.363 e. The Balaban J connectivity index is 2.13. The number of hydrogen-bond acceptors (Lipinski definition) is 3. The first-order valence-electron chi connectivity index (χ1n) is 7.71. The average molecular weight is 319 g/mol. The van der Waals surface area contributed by atoms with Crippen molar-refractivity contribution in [2.45, 2.75) is 6.92 Å². The predicted octanol–water partition coefficient (Wildman–Crippen LogP) is 3.34. The Morgan fingerprint density at radius 1 is 1.08 bits per heavy atom. The van der Waals surface area contributed by atoms with Gasteiger partial charge in [-0.3, -0.25) is 0 Å². The third-order valence-electron chi connectivity index (χ3n) is 4.04. The number of carbonyl (C=O) groups is 1. The molecule has 1 aromatic heterocycles. The molecule has 0 bridgehead atoms. The van der Waals surface area contributed by atoms with E-state index in [2.05, 4.69) is 29.2 Å². The topological polar surface area (TPSA) is 43.1 Å². The molecule has 4 heteroatoms. The summed E-state index contributed by atoms with van der Waals surface area (Å²) in [5.74, 6) is -0.437. The average Bonchev–Trinajstić information content (AvgIpc) is 2.62. The summed E-state index contributed by atoms with van der Waals surface area (Å²) >= 11 is 0. The monoisotopic (exact) mass is 319 g/mol. The van der Waals surface area contributed by atoms with Gasteiger partial charge in [-0.25, -0.2) is 9.78 Å². The first-order chi connectivity index (χ1) is 11.6. The summed E-state index contributed by atoms with van der Waals surface area (Å²) in [6.07, 6.45) is 3.43. The number of methoxy groups -OCH3 is 1. The number of ether oxygens (including phenoxy) is 1. The van der Waals surface area contributed by atoms with Gasteiger partial charge >= 0.3 is 5.97 Å². The van der Waals surface area contributed by atoms with Crippen molar-refractivity contribution in [1.82, 2.24) is 4.98 Å². The second kappa shape index (κ2) is 6.62. The van der Waals surface area contributed by atoms with Gasteiger partial charge in [0.1, 0.15) is 7.05 Å². The van der Waals surface area contributed by atoms with Gasteiger partial charge in [0.15, 0.2) is 6.20 Å². The SMILES string of the molecule is COC(=O)c1ncc[n+](C)c1-c1ccc(-c2ccccc2)cc1C. The van der Waals surface area contributed by atoms with Crippen molar-refractivity contribution in [2.75, 3.05) is 7.11 Å². The summed E-state index contributed by atoms with van der Waals surface area (Å²) in [5.41, 5.74) is 5.41. The third-order valence-corrected chi connectivity index (χ3v) is 4.04. The van der Waals surface area contributed by atoms with Crippen LogP contribution in [0.2, 0.25) is 0 Å². The third kappa shape index (κ3) is 2.91. The minimum absolute atomic E-state index is 0.318. The Morgan fingerprint density at radius 3 is 2.50 bits per heavy atom. The van der Waals surface area contributed by atoms with Crippen molar-refractivity contribution in [1.29, 1.82) is 0 Å². The Bertz CT molecular complexity index is 889. The predicted molar refractivity (Wildman–Crippen MR) is 92.4 cm³/mol. The van der Waals surface area contributed by atoms with Crippen LogP contribution in [0.3, 0.4) is 0 Å². The zero-order chi connectivity index (χ0) is 17.1. The van der Waals surface area contributed by atoms with Gasteiger partial charge in [-0.1, -0.05) is 42.5 Å². The van der Waals surface area contributed by atoms with Crippen LogP contribution < -0.4 is 4.57 Å². The Morgan fingerprint density at radius 2 is 1.83 bits per heavy atom. The molecule has 0 fully saturated rings. The second-order valence-corrected chi connectivity index (χ2v) is 5.62. The summed E-state index contributed by atoms with van der Waals surface area (Å²) < 4.78 is 6.76. The first kappa shape index (κ1) is 15.9. The van der Waals surface area contributed by atoms with E-state index in [9.17, 15) is 4.79 Å². The summed E-state index contributed by atoms with van der Waals surface area (Å²) in [4.78, 5) is 16.3. The lowest BCUT2D eigenvalue weighted by molar-refractivity contribution is -0.661. The largest absolute Gasteiger partial charge is 0.464 e. The number of esters is 1. The number of carbonyl (C=O) groups excluding carboxylic acids is 1. The van der Waals surface area contributed by atoms with Crippen LogP contribution in [0.5, 0.6) is 0 Å². The van der Waals surface area contributed by atoms with Gasteiger partial charge < -0.3 is 4.74 Å². The molecule has 2 aromatic carbocycles. The lowest BCUT2D eigenvalue weighted by Gasteiger charge is -2.10. The molecule has 0 aliphatic heterocycles. The number of aromatic nitrogens is 2. The highest BCUT2D eigenvalue weighted by atomic mass is 16.5. The maximum atomic E-state index is 12.1. The molecule has 3 aromatic rings. The molecule has 3 rings (SSSR count). The highest BCUT2D eigenvalue weighted by molar-refractivity contribution is 5.93. The molecule has 120 valence electrons. The number of hydrogen-bond donors (Lipinski definition) is 0. The van der Waals surface area contributed by atoms with Crippen LogP contribution in [0.1, 0.15) is 16.1 Å². The molecule has 0 spiro atoms. The van der Waals surface area contributed by atoms with Crippen molar-refractivity contribution >= 4 is 5.97 Å². The molecule has 0 aliphatic carbocycles. The maximum absolute atomic E-state index is 12.1. The van der Waals surface area contributed by atoms with Crippen molar-refractivity contribution in [3.63, 3.8) is 0 Å². The first-order valence-corrected chi connectivity index (χ1v) is 7.71. The molecule has 1 heterocycles. The molecule has 4 nitrogen and oxygen atoms in total. The molecule has 0 saturated carbocycles. The van der Waals surface area contributed by atoms with Crippen LogP contribution in [0.25, 0.3) is 22.4 Å². The molecule has 0 radical (unpaired) electrons. The van der Waals surface area contributed by atoms with Crippen LogP contribution in [0.15, 0.2) is 60.9 Å². The Labute approximate surface area is 141 Å². The Hall–Kier alpha value is -3.01. The normalized spacial score (nSPS) is 10.5. The fourth-order valence-electron chi connectivity index (χ4n) is 2.81. The van der Waals surface area contributed by atoms with Crippen LogP contribution in [0, 0.1) is 6.92 Å². The van der Waals surface area contributed by atoms with Crippen LogP contribution in [-0.4, -0.2) is 18.1 Å². The van der Waals surface area contributed by atoms with Crippen molar-refractivity contribution in [2.24, 2.45) is 7.05 Å². The molecule has 0 N–H and O–H groups in total. The fraction of sp³-hybridized carbons (Fsp3) is 0.150. The fourth-order valence-corrected chi connectivity index (χ4v) is 2.81. The number of rotatable bonds is 3. The van der Waals surface area contributed by atoms with E-state index in [-0.39, 0.29) is 0 Å². The van der Waals surface area contributed by atoms with Crippen molar-refractivity contribution in [3.8, 4) is 22.4 Å². The summed E-state index contributed by atoms with van der Waals surface area (Å²) in [5, 5.41) is 0. The second-order valence-electron chi connectivity index (χ2n) is 5.62. The van der Waals surface area contributed by atoms with Gasteiger partial charge in [0.2, 0.25) is 11.4 Å². The van der Waals surface area contributed by atoms with Crippen molar-refractivity contribution < 1.29 is 14.1 Å². The van der Waals surface area contributed by atoms with E-state index >= 15 is 0 Å².